The molecule has 1 saturated heterocycles. The Bertz CT molecular complexity index is 861. The number of aryl methyl sites for hydroxylation is 2. The van der Waals surface area contributed by atoms with E-state index in [9.17, 15) is 4.79 Å². The Hall–Kier alpha value is -2.47. The van der Waals surface area contributed by atoms with Crippen LogP contribution in [0, 0.1) is 6.92 Å². The summed E-state index contributed by atoms with van der Waals surface area (Å²) in [5.41, 5.74) is 3.40. The molecule has 2 aliphatic heterocycles. The molecule has 6 heteroatoms. The van der Waals surface area contributed by atoms with Gasteiger partial charge in [0.15, 0.2) is 0 Å². The van der Waals surface area contributed by atoms with Crippen LogP contribution >= 0.6 is 0 Å². The minimum Gasteiger partial charge on any atom is -0.372 e. The summed E-state index contributed by atoms with van der Waals surface area (Å²) in [5.74, 6) is 1.99. The molecule has 0 N–H and O–H groups in total. The first-order chi connectivity index (χ1) is 14.0. The van der Waals surface area contributed by atoms with E-state index >= 15 is 0 Å². The average Bonchev–Trinajstić information content (AvgIpc) is 2.71. The number of carbonyl (C=O) groups excluding carboxylic acids is 1. The first-order valence-corrected chi connectivity index (χ1v) is 10.6. The molecule has 0 saturated carbocycles. The second-order valence-corrected chi connectivity index (χ2v) is 8.23. The topological polar surface area (TPSA) is 58.6 Å². The van der Waals surface area contributed by atoms with Gasteiger partial charge in [0.1, 0.15) is 11.6 Å². The molecule has 1 aromatic carbocycles. The normalized spacial score (nSPS) is 21.8. The van der Waals surface area contributed by atoms with Crippen molar-refractivity contribution in [1.82, 2.24) is 14.9 Å². The Morgan fingerprint density at radius 2 is 1.86 bits per heavy atom. The minimum absolute atomic E-state index is 0.164. The molecule has 29 heavy (non-hydrogen) atoms. The molecule has 0 aliphatic carbocycles. The monoisotopic (exact) mass is 394 g/mol. The van der Waals surface area contributed by atoms with Gasteiger partial charge in [0.2, 0.25) is 5.91 Å². The van der Waals surface area contributed by atoms with Crippen molar-refractivity contribution in [2.24, 2.45) is 0 Å². The van der Waals surface area contributed by atoms with Crippen LogP contribution in [-0.2, 0) is 28.9 Å². The number of fused-ring (bicyclic) bond motifs is 1. The van der Waals surface area contributed by atoms with E-state index in [1.54, 1.807) is 0 Å². The quantitative estimate of drug-likeness (QED) is 0.798. The third-order valence-electron chi connectivity index (χ3n) is 5.69. The molecule has 154 valence electrons. The van der Waals surface area contributed by atoms with Gasteiger partial charge in [0.05, 0.1) is 24.4 Å². The molecule has 0 unspecified atom stereocenters. The number of benzene rings is 1. The van der Waals surface area contributed by atoms with E-state index in [1.165, 1.54) is 5.56 Å². The highest BCUT2D eigenvalue weighted by atomic mass is 16.5. The maximum Gasteiger partial charge on any atom is 0.223 e. The van der Waals surface area contributed by atoms with Crippen LogP contribution in [-0.4, -0.2) is 52.6 Å². The highest BCUT2D eigenvalue weighted by Gasteiger charge is 2.30. The van der Waals surface area contributed by atoms with Crippen molar-refractivity contribution in [2.45, 2.75) is 58.8 Å². The Labute approximate surface area is 172 Å². The molecule has 0 spiro atoms. The summed E-state index contributed by atoms with van der Waals surface area (Å²) in [6.07, 6.45) is 2.43. The molecule has 0 bridgehead atoms. The minimum atomic E-state index is 0.164. The number of anilines is 1. The van der Waals surface area contributed by atoms with Gasteiger partial charge in [0, 0.05) is 38.0 Å². The molecule has 2 atom stereocenters. The number of amides is 1. The molecule has 1 aromatic heterocycles. The van der Waals surface area contributed by atoms with E-state index in [0.717, 1.165) is 55.4 Å². The maximum absolute atomic E-state index is 12.9. The van der Waals surface area contributed by atoms with Crippen molar-refractivity contribution in [3.05, 3.63) is 53.0 Å². The first-order valence-electron chi connectivity index (χ1n) is 10.6. The summed E-state index contributed by atoms with van der Waals surface area (Å²) < 4.78 is 5.90. The summed E-state index contributed by atoms with van der Waals surface area (Å²) in [5, 5.41) is 0. The SMILES string of the molecule is Cc1nc2c(c(N3C[C@@H](C)O[C@@H](C)C3)n1)CN(C(=O)CCc1ccccc1)CC2. The number of rotatable bonds is 4. The lowest BCUT2D eigenvalue weighted by molar-refractivity contribution is -0.132. The lowest BCUT2D eigenvalue weighted by atomic mass is 10.0. The lowest BCUT2D eigenvalue weighted by Gasteiger charge is -2.38. The molecule has 6 nitrogen and oxygen atoms in total. The third-order valence-corrected chi connectivity index (χ3v) is 5.69. The predicted molar refractivity (Wildman–Crippen MR) is 113 cm³/mol. The van der Waals surface area contributed by atoms with Crippen LogP contribution in [0.5, 0.6) is 0 Å². The van der Waals surface area contributed by atoms with Gasteiger partial charge >= 0.3 is 0 Å². The molecular weight excluding hydrogens is 364 g/mol. The molecule has 4 rings (SSSR count). The van der Waals surface area contributed by atoms with Gasteiger partial charge in [-0.15, -0.1) is 0 Å². The van der Waals surface area contributed by atoms with Gasteiger partial charge in [-0.05, 0) is 32.8 Å². The van der Waals surface area contributed by atoms with Crippen molar-refractivity contribution in [3.8, 4) is 0 Å². The van der Waals surface area contributed by atoms with Crippen LogP contribution in [0.3, 0.4) is 0 Å². The van der Waals surface area contributed by atoms with Crippen molar-refractivity contribution in [3.63, 3.8) is 0 Å². The largest absolute Gasteiger partial charge is 0.372 e. The van der Waals surface area contributed by atoms with Crippen molar-refractivity contribution >= 4 is 11.7 Å². The fourth-order valence-electron chi connectivity index (χ4n) is 4.40. The van der Waals surface area contributed by atoms with Gasteiger partial charge in [-0.2, -0.15) is 0 Å². The molecule has 2 aromatic rings. The molecule has 3 heterocycles. The van der Waals surface area contributed by atoms with Gasteiger partial charge in [-0.1, -0.05) is 30.3 Å². The van der Waals surface area contributed by atoms with E-state index in [0.29, 0.717) is 13.0 Å². The zero-order valence-corrected chi connectivity index (χ0v) is 17.6. The summed E-state index contributed by atoms with van der Waals surface area (Å²) in [4.78, 5) is 26.6. The molecule has 2 aliphatic rings. The maximum atomic E-state index is 12.9. The van der Waals surface area contributed by atoms with Crippen LogP contribution < -0.4 is 4.90 Å². The number of ether oxygens (including phenoxy) is 1. The van der Waals surface area contributed by atoms with E-state index in [-0.39, 0.29) is 18.1 Å². The Morgan fingerprint density at radius 1 is 1.14 bits per heavy atom. The zero-order chi connectivity index (χ0) is 20.4. The van der Waals surface area contributed by atoms with Crippen LogP contribution in [0.15, 0.2) is 30.3 Å². The summed E-state index contributed by atoms with van der Waals surface area (Å²) >= 11 is 0. The van der Waals surface area contributed by atoms with Crippen molar-refractivity contribution < 1.29 is 9.53 Å². The smallest absolute Gasteiger partial charge is 0.223 e. The number of carbonyl (C=O) groups is 1. The molecule has 0 radical (unpaired) electrons. The fourth-order valence-corrected chi connectivity index (χ4v) is 4.40. The van der Waals surface area contributed by atoms with Crippen molar-refractivity contribution in [1.29, 1.82) is 0 Å². The van der Waals surface area contributed by atoms with Crippen molar-refractivity contribution in [2.75, 3.05) is 24.5 Å². The second kappa shape index (κ2) is 8.49. The molecular formula is C23H30N4O2. The van der Waals surface area contributed by atoms with Crippen LogP contribution in [0.25, 0.3) is 0 Å². The van der Waals surface area contributed by atoms with Gasteiger partial charge in [-0.3, -0.25) is 4.79 Å². The highest BCUT2D eigenvalue weighted by Crippen LogP contribution is 2.29. The standard InChI is InChI=1S/C23H30N4O2/c1-16-13-27(14-17(2)29-16)23-20-15-26(12-11-21(20)24-18(3)25-23)22(28)10-9-19-7-5-4-6-8-19/h4-8,16-17H,9-15H2,1-3H3/t16-,17+. The Kier molecular flexibility index (Phi) is 5.81. The third kappa shape index (κ3) is 4.58. The number of morpholine rings is 1. The summed E-state index contributed by atoms with van der Waals surface area (Å²) in [6.45, 7) is 9.11. The number of hydrogen-bond donors (Lipinski definition) is 0. The second-order valence-electron chi connectivity index (χ2n) is 8.23. The highest BCUT2D eigenvalue weighted by molar-refractivity contribution is 5.77. The molecule has 1 fully saturated rings. The van der Waals surface area contributed by atoms with E-state index in [1.807, 2.05) is 30.0 Å². The van der Waals surface area contributed by atoms with Gasteiger partial charge in [0.25, 0.3) is 0 Å². The van der Waals surface area contributed by atoms with E-state index in [2.05, 4.69) is 35.9 Å². The van der Waals surface area contributed by atoms with Crippen LogP contribution in [0.2, 0.25) is 0 Å². The Morgan fingerprint density at radius 3 is 2.59 bits per heavy atom. The van der Waals surface area contributed by atoms with Crippen LogP contribution in [0.1, 0.15) is 42.9 Å². The number of aromatic nitrogens is 2. The Balaban J connectivity index is 1.51. The number of hydrogen-bond acceptors (Lipinski definition) is 5. The van der Waals surface area contributed by atoms with Crippen LogP contribution in [0.4, 0.5) is 5.82 Å². The van der Waals surface area contributed by atoms with E-state index < -0.39 is 0 Å². The fraction of sp³-hybridized carbons (Fsp3) is 0.522. The van der Waals surface area contributed by atoms with Gasteiger partial charge < -0.3 is 14.5 Å². The lowest BCUT2D eigenvalue weighted by Crippen LogP contribution is -2.47. The summed E-state index contributed by atoms with van der Waals surface area (Å²) in [7, 11) is 0. The first kappa shape index (κ1) is 19.8. The average molecular weight is 395 g/mol. The van der Waals surface area contributed by atoms with E-state index in [4.69, 9.17) is 9.72 Å². The van der Waals surface area contributed by atoms with Gasteiger partial charge in [-0.25, -0.2) is 9.97 Å². The number of nitrogens with zero attached hydrogens (tertiary/aromatic N) is 4. The zero-order valence-electron chi connectivity index (χ0n) is 17.6. The predicted octanol–water partition coefficient (Wildman–Crippen LogP) is 2.92. The summed E-state index contributed by atoms with van der Waals surface area (Å²) in [6, 6.07) is 10.2. The molecule has 1 amide bonds.